The second-order valence-electron chi connectivity index (χ2n) is 6.29. The highest BCUT2D eigenvalue weighted by atomic mass is 16.5. The van der Waals surface area contributed by atoms with Crippen LogP contribution in [-0.4, -0.2) is 25.2 Å². The Morgan fingerprint density at radius 2 is 2.13 bits per heavy atom. The highest BCUT2D eigenvalue weighted by Crippen LogP contribution is 2.30. The Bertz CT molecular complexity index is 511. The standard InChI is InChI=1S/C18H28N2O3/c1-13(19)7-10-18(21)20-12-14-8-9-16(22-2)11-17(14)23-15-5-3-4-6-15/h8-9,11,13,15H,3-7,10,12,19H2,1-2H3,(H,20,21). The molecule has 1 aromatic rings. The minimum Gasteiger partial charge on any atom is -0.497 e. The van der Waals surface area contributed by atoms with E-state index in [-0.39, 0.29) is 18.1 Å². The van der Waals surface area contributed by atoms with Gasteiger partial charge in [0.05, 0.1) is 13.2 Å². The molecule has 0 saturated heterocycles. The lowest BCUT2D eigenvalue weighted by Gasteiger charge is -2.18. The topological polar surface area (TPSA) is 73.6 Å². The summed E-state index contributed by atoms with van der Waals surface area (Å²) in [5, 5.41) is 2.94. The average molecular weight is 320 g/mol. The van der Waals surface area contributed by atoms with Crippen LogP contribution in [0.3, 0.4) is 0 Å². The summed E-state index contributed by atoms with van der Waals surface area (Å²) in [5.41, 5.74) is 6.66. The molecule has 0 aromatic heterocycles. The molecule has 0 bridgehead atoms. The van der Waals surface area contributed by atoms with E-state index in [1.54, 1.807) is 7.11 Å². The molecular weight excluding hydrogens is 292 g/mol. The molecule has 5 nitrogen and oxygen atoms in total. The van der Waals surface area contributed by atoms with Crippen LogP contribution >= 0.6 is 0 Å². The number of methoxy groups -OCH3 is 1. The molecule has 1 unspecified atom stereocenters. The van der Waals surface area contributed by atoms with Crippen molar-refractivity contribution in [2.24, 2.45) is 5.73 Å². The van der Waals surface area contributed by atoms with Crippen molar-refractivity contribution in [3.63, 3.8) is 0 Å². The lowest BCUT2D eigenvalue weighted by molar-refractivity contribution is -0.121. The highest BCUT2D eigenvalue weighted by Gasteiger charge is 2.18. The van der Waals surface area contributed by atoms with Crippen LogP contribution in [0.5, 0.6) is 11.5 Å². The van der Waals surface area contributed by atoms with Crippen LogP contribution in [0.1, 0.15) is 51.0 Å². The fourth-order valence-electron chi connectivity index (χ4n) is 2.74. The van der Waals surface area contributed by atoms with Gasteiger partial charge in [0.1, 0.15) is 11.5 Å². The first-order valence-electron chi connectivity index (χ1n) is 8.44. The summed E-state index contributed by atoms with van der Waals surface area (Å²) in [5.74, 6) is 1.60. The van der Waals surface area contributed by atoms with Crippen molar-refractivity contribution in [2.75, 3.05) is 7.11 Å². The van der Waals surface area contributed by atoms with Gasteiger partial charge in [0, 0.05) is 30.6 Å². The summed E-state index contributed by atoms with van der Waals surface area (Å²) >= 11 is 0. The predicted molar refractivity (Wildman–Crippen MR) is 90.6 cm³/mol. The fraction of sp³-hybridized carbons (Fsp3) is 0.611. The van der Waals surface area contributed by atoms with Gasteiger partial charge in [-0.15, -0.1) is 0 Å². The van der Waals surface area contributed by atoms with Crippen LogP contribution in [0.15, 0.2) is 18.2 Å². The number of hydrogen-bond donors (Lipinski definition) is 2. The molecule has 2 rings (SSSR count). The molecule has 23 heavy (non-hydrogen) atoms. The van der Waals surface area contributed by atoms with Crippen LogP contribution < -0.4 is 20.5 Å². The van der Waals surface area contributed by atoms with Crippen LogP contribution in [-0.2, 0) is 11.3 Å². The summed E-state index contributed by atoms with van der Waals surface area (Å²) in [6.45, 7) is 2.37. The van der Waals surface area contributed by atoms with Crippen LogP contribution in [0.25, 0.3) is 0 Å². The first kappa shape index (κ1) is 17.6. The Hall–Kier alpha value is -1.75. The van der Waals surface area contributed by atoms with Gasteiger partial charge in [0.2, 0.25) is 5.91 Å². The molecule has 128 valence electrons. The third-order valence-corrected chi connectivity index (χ3v) is 4.17. The Kier molecular flexibility index (Phi) is 6.71. The van der Waals surface area contributed by atoms with Gasteiger partial charge in [0.25, 0.3) is 0 Å². The smallest absolute Gasteiger partial charge is 0.220 e. The minimum atomic E-state index is 0.0185. The third kappa shape index (κ3) is 5.75. The molecular formula is C18H28N2O3. The Morgan fingerprint density at radius 3 is 2.78 bits per heavy atom. The number of carbonyl (C=O) groups is 1. The summed E-state index contributed by atoms with van der Waals surface area (Å²) in [7, 11) is 1.64. The van der Waals surface area contributed by atoms with E-state index in [1.807, 2.05) is 25.1 Å². The van der Waals surface area contributed by atoms with Gasteiger partial charge in [-0.05, 0) is 51.2 Å². The van der Waals surface area contributed by atoms with Crippen LogP contribution in [0, 0.1) is 0 Å². The normalized spacial score (nSPS) is 16.1. The molecule has 1 fully saturated rings. The van der Waals surface area contributed by atoms with E-state index < -0.39 is 0 Å². The minimum absolute atomic E-state index is 0.0185. The largest absolute Gasteiger partial charge is 0.497 e. The van der Waals surface area contributed by atoms with Gasteiger partial charge < -0.3 is 20.5 Å². The maximum atomic E-state index is 11.9. The number of benzene rings is 1. The zero-order valence-electron chi connectivity index (χ0n) is 14.1. The van der Waals surface area contributed by atoms with E-state index in [1.165, 1.54) is 12.8 Å². The zero-order valence-corrected chi connectivity index (χ0v) is 14.1. The molecule has 5 heteroatoms. The molecule has 0 radical (unpaired) electrons. The second-order valence-corrected chi connectivity index (χ2v) is 6.29. The quantitative estimate of drug-likeness (QED) is 0.772. The van der Waals surface area contributed by atoms with Gasteiger partial charge in [-0.1, -0.05) is 0 Å². The first-order valence-corrected chi connectivity index (χ1v) is 8.44. The van der Waals surface area contributed by atoms with E-state index >= 15 is 0 Å². The Labute approximate surface area is 138 Å². The molecule has 0 heterocycles. The summed E-state index contributed by atoms with van der Waals surface area (Å²) < 4.78 is 11.4. The molecule has 0 aliphatic heterocycles. The number of carbonyl (C=O) groups excluding carboxylic acids is 1. The van der Waals surface area contributed by atoms with Crippen LogP contribution in [0.2, 0.25) is 0 Å². The maximum Gasteiger partial charge on any atom is 0.220 e. The number of hydrogen-bond acceptors (Lipinski definition) is 4. The van der Waals surface area contributed by atoms with E-state index in [4.69, 9.17) is 15.2 Å². The summed E-state index contributed by atoms with van der Waals surface area (Å²) in [6.07, 6.45) is 6.05. The molecule has 1 aromatic carbocycles. The van der Waals surface area contributed by atoms with E-state index in [0.29, 0.717) is 19.4 Å². The summed E-state index contributed by atoms with van der Waals surface area (Å²) in [4.78, 5) is 11.9. The highest BCUT2D eigenvalue weighted by molar-refractivity contribution is 5.76. The Balaban J connectivity index is 1.97. The molecule has 1 aliphatic carbocycles. The lowest BCUT2D eigenvalue weighted by Crippen LogP contribution is -2.26. The average Bonchev–Trinajstić information content (AvgIpc) is 3.04. The molecule has 0 spiro atoms. The third-order valence-electron chi connectivity index (χ3n) is 4.17. The Morgan fingerprint density at radius 1 is 1.39 bits per heavy atom. The molecule has 1 aliphatic rings. The number of ether oxygens (including phenoxy) is 2. The SMILES string of the molecule is COc1ccc(CNC(=O)CCC(C)N)c(OC2CCCC2)c1. The van der Waals surface area contributed by atoms with E-state index in [0.717, 1.165) is 29.9 Å². The van der Waals surface area contributed by atoms with Crippen LogP contribution in [0.4, 0.5) is 0 Å². The number of amides is 1. The van der Waals surface area contributed by atoms with Crippen molar-refractivity contribution in [1.29, 1.82) is 0 Å². The van der Waals surface area contributed by atoms with Crippen molar-refractivity contribution in [2.45, 2.75) is 64.1 Å². The maximum absolute atomic E-state index is 11.9. The predicted octanol–water partition coefficient (Wildman–Crippen LogP) is 2.76. The zero-order chi connectivity index (χ0) is 16.7. The van der Waals surface area contributed by atoms with Gasteiger partial charge in [0.15, 0.2) is 0 Å². The fourth-order valence-corrected chi connectivity index (χ4v) is 2.74. The van der Waals surface area contributed by atoms with Gasteiger partial charge >= 0.3 is 0 Å². The first-order chi connectivity index (χ1) is 11.1. The van der Waals surface area contributed by atoms with Crippen molar-refractivity contribution in [1.82, 2.24) is 5.32 Å². The number of nitrogens with two attached hydrogens (primary N) is 1. The van der Waals surface area contributed by atoms with Gasteiger partial charge in [-0.3, -0.25) is 4.79 Å². The summed E-state index contributed by atoms with van der Waals surface area (Å²) in [6, 6.07) is 5.80. The van der Waals surface area contributed by atoms with Crippen molar-refractivity contribution in [3.05, 3.63) is 23.8 Å². The van der Waals surface area contributed by atoms with Gasteiger partial charge in [-0.25, -0.2) is 0 Å². The molecule has 1 amide bonds. The van der Waals surface area contributed by atoms with E-state index in [9.17, 15) is 4.79 Å². The van der Waals surface area contributed by atoms with Gasteiger partial charge in [-0.2, -0.15) is 0 Å². The number of rotatable bonds is 8. The van der Waals surface area contributed by atoms with Crippen molar-refractivity contribution >= 4 is 5.91 Å². The molecule has 1 atom stereocenters. The number of nitrogens with one attached hydrogen (secondary N) is 1. The van der Waals surface area contributed by atoms with Crippen molar-refractivity contribution in [3.8, 4) is 11.5 Å². The molecule has 3 N–H and O–H groups in total. The second kappa shape index (κ2) is 8.77. The van der Waals surface area contributed by atoms with E-state index in [2.05, 4.69) is 5.32 Å². The monoisotopic (exact) mass is 320 g/mol. The lowest BCUT2D eigenvalue weighted by atomic mass is 10.1. The molecule has 1 saturated carbocycles. The van der Waals surface area contributed by atoms with Crippen molar-refractivity contribution < 1.29 is 14.3 Å².